The van der Waals surface area contributed by atoms with Gasteiger partial charge in [0.25, 0.3) is 11.5 Å². The molecule has 0 spiro atoms. The van der Waals surface area contributed by atoms with Crippen molar-refractivity contribution < 1.29 is 99.1 Å². The van der Waals surface area contributed by atoms with Crippen LogP contribution in [0.2, 0.25) is 0 Å². The molecule has 1 amide bonds. The number of carbonyl (C=O) groups is 2. The van der Waals surface area contributed by atoms with Crippen molar-refractivity contribution in [2.45, 2.75) is 111 Å². The molecule has 0 saturated carbocycles. The van der Waals surface area contributed by atoms with E-state index in [1.165, 1.54) is 12.1 Å². The Balaban J connectivity index is 1.57. The molecule has 12 N–H and O–H groups in total. The topological polar surface area (TPSA) is 367 Å². The quantitative estimate of drug-likeness (QED) is 0.0621. The first-order chi connectivity index (χ1) is 24.5. The second-order valence-corrected chi connectivity index (χ2v) is 12.3. The van der Waals surface area contributed by atoms with Crippen molar-refractivity contribution in [1.29, 1.82) is 0 Å². The van der Waals surface area contributed by atoms with E-state index in [1.807, 2.05) is 0 Å². The van der Waals surface area contributed by atoms with Crippen LogP contribution in [-0.2, 0) is 33.3 Å². The van der Waals surface area contributed by atoms with E-state index in [-0.39, 0.29) is 11.4 Å². The highest BCUT2D eigenvalue weighted by molar-refractivity contribution is 5.76. The van der Waals surface area contributed by atoms with Crippen molar-refractivity contribution in [2.24, 2.45) is 0 Å². The molecular formula is C29H42N2O21. The van der Waals surface area contributed by atoms with Crippen LogP contribution in [0.1, 0.15) is 13.3 Å². The largest absolute Gasteiger partial charge is 0.477 e. The molecule has 23 heteroatoms. The molecule has 3 aliphatic rings. The smallest absolute Gasteiger partial charge is 0.364 e. The van der Waals surface area contributed by atoms with Gasteiger partial charge in [0.1, 0.15) is 72.9 Å². The van der Waals surface area contributed by atoms with Crippen molar-refractivity contribution in [3.05, 3.63) is 34.4 Å². The van der Waals surface area contributed by atoms with Crippen LogP contribution in [0, 0.1) is 10.1 Å². The third kappa shape index (κ3) is 8.75. The highest BCUT2D eigenvalue weighted by Crippen LogP contribution is 2.38. The van der Waals surface area contributed by atoms with E-state index < -0.39 is 141 Å². The molecule has 294 valence electrons. The first-order valence-electron chi connectivity index (χ1n) is 15.8. The molecule has 3 aliphatic heterocycles. The van der Waals surface area contributed by atoms with Gasteiger partial charge in [0.2, 0.25) is 12.2 Å². The van der Waals surface area contributed by atoms with Crippen LogP contribution >= 0.6 is 0 Å². The van der Waals surface area contributed by atoms with Crippen LogP contribution in [0.25, 0.3) is 0 Å². The van der Waals surface area contributed by atoms with Gasteiger partial charge in [-0.15, -0.1) is 0 Å². The summed E-state index contributed by atoms with van der Waals surface area (Å²) in [5, 5.41) is 129. The predicted molar refractivity (Wildman–Crippen MR) is 162 cm³/mol. The van der Waals surface area contributed by atoms with Crippen molar-refractivity contribution in [2.75, 3.05) is 19.8 Å². The van der Waals surface area contributed by atoms with E-state index in [1.54, 1.807) is 0 Å². The number of carboxylic acid groups (broad SMARTS) is 1. The Morgan fingerprint density at radius 2 is 1.56 bits per heavy atom. The van der Waals surface area contributed by atoms with E-state index >= 15 is 0 Å². The lowest BCUT2D eigenvalue weighted by Gasteiger charge is -2.50. The molecule has 1 aromatic carbocycles. The summed E-state index contributed by atoms with van der Waals surface area (Å²) < 4.78 is 33.3. The number of nitrogens with one attached hydrogen (secondary N) is 1. The number of amides is 1. The number of carbonyl (C=O) groups excluding carboxylic acids is 1. The first-order valence-corrected chi connectivity index (χ1v) is 15.8. The number of benzene rings is 1. The summed E-state index contributed by atoms with van der Waals surface area (Å²) in [6.45, 7) is -1.95. The number of non-ortho nitro benzene ring substituents is 1. The molecule has 3 heterocycles. The lowest BCUT2D eigenvalue weighted by molar-refractivity contribution is -0.385. The molecule has 4 rings (SSSR count). The van der Waals surface area contributed by atoms with E-state index in [0.717, 1.165) is 19.1 Å². The molecule has 0 bridgehead atoms. The molecule has 1 aromatic rings. The maximum absolute atomic E-state index is 12.7. The average Bonchev–Trinajstić information content (AvgIpc) is 3.11. The predicted octanol–water partition coefficient (Wildman–Crippen LogP) is -6.23. The number of nitro groups is 1. The fraction of sp³-hybridized carbons (Fsp3) is 0.724. The minimum absolute atomic E-state index is 0.0323. The zero-order valence-corrected chi connectivity index (χ0v) is 27.2. The molecule has 6 unspecified atom stereocenters. The Morgan fingerprint density at radius 1 is 0.942 bits per heavy atom. The van der Waals surface area contributed by atoms with E-state index in [9.17, 15) is 75.9 Å². The van der Waals surface area contributed by atoms with E-state index in [0.29, 0.717) is 0 Å². The standard InChI is InChI=1S/C29H42N2O21/c1-10(35)30-17-13(36)6-29(28(43)44,51-24(17)18(38)14(37)7-32)52-25-19(39)15(8-33)48-27(22(25)42)50-23-16(9-34)49-26(21(41)20(23)40)47-12-4-2-11(3-5-12)31(45)46/h2-5,13-27,32-34,36-42H,6-9H2,1H3,(H,30,35)(H,43,44)/t13?,14-,15?,16?,17-,18-,19+,20-,21?,22?,23-,24?,25+,26-,27+,29+/m1/s1. The van der Waals surface area contributed by atoms with Crippen LogP contribution in [0.15, 0.2) is 24.3 Å². The van der Waals surface area contributed by atoms with Gasteiger partial charge >= 0.3 is 5.97 Å². The molecule has 0 aromatic heterocycles. The first kappa shape index (κ1) is 41.5. The minimum Gasteiger partial charge on any atom is -0.477 e. The Labute approximate surface area is 293 Å². The zero-order chi connectivity index (χ0) is 38.7. The Morgan fingerprint density at radius 3 is 2.10 bits per heavy atom. The van der Waals surface area contributed by atoms with E-state index in [4.69, 9.17) is 28.4 Å². The van der Waals surface area contributed by atoms with E-state index in [2.05, 4.69) is 5.32 Å². The van der Waals surface area contributed by atoms with Crippen molar-refractivity contribution >= 4 is 17.6 Å². The third-order valence-corrected chi connectivity index (χ3v) is 8.75. The van der Waals surface area contributed by atoms with Gasteiger partial charge in [-0.1, -0.05) is 0 Å². The summed E-state index contributed by atoms with van der Waals surface area (Å²) in [6.07, 6.45) is -28.1. The molecule has 0 radical (unpaired) electrons. The minimum atomic E-state index is -3.07. The monoisotopic (exact) mass is 754 g/mol. The van der Waals surface area contributed by atoms with Gasteiger partial charge in [-0.05, 0) is 12.1 Å². The number of ether oxygens (including phenoxy) is 6. The lowest BCUT2D eigenvalue weighted by Crippen LogP contribution is -2.71. The number of aliphatic hydroxyl groups is 10. The fourth-order valence-electron chi connectivity index (χ4n) is 6.03. The number of nitrogens with zero attached hydrogens (tertiary/aromatic N) is 1. The van der Waals surface area contributed by atoms with Crippen molar-refractivity contribution in [3.8, 4) is 5.75 Å². The number of nitro benzene ring substituents is 1. The van der Waals surface area contributed by atoms with Crippen LogP contribution in [0.3, 0.4) is 0 Å². The molecule has 0 aliphatic carbocycles. The van der Waals surface area contributed by atoms with Crippen LogP contribution in [0.4, 0.5) is 5.69 Å². The number of carboxylic acids is 1. The summed E-state index contributed by atoms with van der Waals surface area (Å²) in [5.41, 5.74) is -0.272. The summed E-state index contributed by atoms with van der Waals surface area (Å²) in [7, 11) is 0. The van der Waals surface area contributed by atoms with Crippen LogP contribution < -0.4 is 10.1 Å². The number of hydrogen-bond acceptors (Lipinski definition) is 20. The van der Waals surface area contributed by atoms with Gasteiger partial charge < -0.3 is 89.9 Å². The zero-order valence-electron chi connectivity index (χ0n) is 27.2. The number of hydrogen-bond donors (Lipinski definition) is 12. The van der Waals surface area contributed by atoms with Crippen LogP contribution in [0.5, 0.6) is 5.75 Å². The van der Waals surface area contributed by atoms with Gasteiger partial charge in [0.15, 0.2) is 6.29 Å². The second kappa shape index (κ2) is 17.3. The van der Waals surface area contributed by atoms with Gasteiger partial charge in [-0.2, -0.15) is 0 Å². The highest BCUT2D eigenvalue weighted by atomic mass is 16.8. The van der Waals surface area contributed by atoms with Crippen LogP contribution in [-0.4, -0.2) is 190 Å². The Kier molecular flexibility index (Phi) is 13.8. The molecule has 16 atom stereocenters. The van der Waals surface area contributed by atoms with Crippen molar-refractivity contribution in [1.82, 2.24) is 5.32 Å². The fourth-order valence-corrected chi connectivity index (χ4v) is 6.03. The molecular weight excluding hydrogens is 712 g/mol. The van der Waals surface area contributed by atoms with Gasteiger partial charge in [-0.25, -0.2) is 4.79 Å². The second-order valence-electron chi connectivity index (χ2n) is 12.3. The van der Waals surface area contributed by atoms with Crippen molar-refractivity contribution in [3.63, 3.8) is 0 Å². The van der Waals surface area contributed by atoms with Gasteiger partial charge in [0, 0.05) is 25.5 Å². The highest BCUT2D eigenvalue weighted by Gasteiger charge is 2.60. The molecule has 3 saturated heterocycles. The number of aliphatic hydroxyl groups excluding tert-OH is 10. The summed E-state index contributed by atoms with van der Waals surface area (Å²) >= 11 is 0. The molecule has 3 fully saturated rings. The Hall–Kier alpha value is -3.24. The average molecular weight is 755 g/mol. The third-order valence-electron chi connectivity index (χ3n) is 8.75. The number of rotatable bonds is 14. The molecule has 52 heavy (non-hydrogen) atoms. The van der Waals surface area contributed by atoms with Gasteiger partial charge in [-0.3, -0.25) is 14.9 Å². The summed E-state index contributed by atoms with van der Waals surface area (Å²) in [5.74, 6) is -5.86. The lowest BCUT2D eigenvalue weighted by atomic mass is 9.88. The summed E-state index contributed by atoms with van der Waals surface area (Å²) in [4.78, 5) is 34.8. The number of aliphatic carboxylic acids is 1. The summed E-state index contributed by atoms with van der Waals surface area (Å²) in [6, 6.07) is 2.98. The Bertz CT molecular complexity index is 1370. The molecule has 23 nitrogen and oxygen atoms in total. The SMILES string of the molecule is CC(=O)N[C@@H]1C(O)C[C@](O[C@@H]2C(O)[C@H](O[C@@H]3C(CO)O[C@@H](Oc4ccc([N+](=O)[O-])cc4)C(O)[C@H]3O)OC(CO)[C@@H]2O)(C(=O)O)OC1[C@H](O)[C@H](O)CO. The maximum Gasteiger partial charge on any atom is 0.364 e. The van der Waals surface area contributed by atoms with Gasteiger partial charge in [0.05, 0.1) is 36.9 Å². The normalized spacial score (nSPS) is 39.2. The maximum atomic E-state index is 12.7.